The maximum atomic E-state index is 13.9. The normalized spacial score (nSPS) is 44.8. The summed E-state index contributed by atoms with van der Waals surface area (Å²) in [6.45, 7) is 9.24. The molecule has 0 bridgehead atoms. The van der Waals surface area contributed by atoms with E-state index in [1.165, 1.54) is 0 Å². The third kappa shape index (κ3) is 3.00. The number of ketones is 2. The van der Waals surface area contributed by atoms with Crippen molar-refractivity contribution in [3.05, 3.63) is 23.8 Å². The smallest absolute Gasteiger partial charge is 0.306 e. The van der Waals surface area contributed by atoms with E-state index in [4.69, 9.17) is 14.2 Å². The van der Waals surface area contributed by atoms with Gasteiger partial charge in [0.05, 0.1) is 6.10 Å². The summed E-state index contributed by atoms with van der Waals surface area (Å²) in [5, 5.41) is 0. The van der Waals surface area contributed by atoms with Crippen LogP contribution >= 0.6 is 0 Å². The zero-order valence-corrected chi connectivity index (χ0v) is 21.3. The van der Waals surface area contributed by atoms with Crippen LogP contribution in [0.4, 0.5) is 0 Å². The van der Waals surface area contributed by atoms with Crippen LogP contribution in [0.2, 0.25) is 0 Å². The Kier molecular flexibility index (Phi) is 5.48. The highest BCUT2D eigenvalue weighted by molar-refractivity contribution is 6.01. The summed E-state index contributed by atoms with van der Waals surface area (Å²) in [5.74, 6) is -1.14. The van der Waals surface area contributed by atoms with Crippen molar-refractivity contribution >= 4 is 23.5 Å². The van der Waals surface area contributed by atoms with Crippen molar-refractivity contribution in [3.63, 3.8) is 0 Å². The van der Waals surface area contributed by atoms with Crippen LogP contribution in [0.1, 0.15) is 73.1 Å². The Morgan fingerprint density at radius 3 is 2.51 bits per heavy atom. The van der Waals surface area contributed by atoms with Crippen LogP contribution in [0, 0.1) is 28.6 Å². The van der Waals surface area contributed by atoms with Gasteiger partial charge in [0.15, 0.2) is 18.0 Å². The van der Waals surface area contributed by atoms with Gasteiger partial charge in [0, 0.05) is 29.6 Å². The lowest BCUT2D eigenvalue weighted by atomic mass is 9.46. The summed E-state index contributed by atoms with van der Waals surface area (Å²) in [7, 11) is 0. The van der Waals surface area contributed by atoms with Crippen LogP contribution in [-0.2, 0) is 33.4 Å². The molecule has 190 valence electrons. The molecule has 7 heteroatoms. The van der Waals surface area contributed by atoms with Crippen molar-refractivity contribution < 1.29 is 33.4 Å². The Hall–Kier alpha value is -2.28. The maximum Gasteiger partial charge on any atom is 0.306 e. The summed E-state index contributed by atoms with van der Waals surface area (Å²) in [5.41, 5.74) is -1.64. The van der Waals surface area contributed by atoms with E-state index >= 15 is 0 Å². The fourth-order valence-electron chi connectivity index (χ4n) is 8.44. The van der Waals surface area contributed by atoms with Crippen molar-refractivity contribution in [3.8, 4) is 0 Å². The number of fused-ring (bicyclic) bond motifs is 3. The van der Waals surface area contributed by atoms with Crippen LogP contribution in [0.15, 0.2) is 23.8 Å². The van der Waals surface area contributed by atoms with Gasteiger partial charge in [-0.1, -0.05) is 39.3 Å². The lowest BCUT2D eigenvalue weighted by Gasteiger charge is -2.56. The number of carbonyl (C=O) groups is 4. The SMILES string of the molecule is CCC(=O)OCC(=O)C1(OC(=O)CC)[C@@H](C)C[C@@H]2[C@@H]3CCC4=CC(=O)C=C[C@]4(C)[C@@]34O[C@H]4C[C@@]21C. The number of rotatable bonds is 6. The fraction of sp³-hybridized carbons (Fsp3) is 0.714. The van der Waals surface area contributed by atoms with Gasteiger partial charge in [-0.3, -0.25) is 19.2 Å². The number of hydrogen-bond acceptors (Lipinski definition) is 7. The molecule has 7 nitrogen and oxygen atoms in total. The van der Waals surface area contributed by atoms with Crippen molar-refractivity contribution in [2.45, 2.75) is 90.4 Å². The van der Waals surface area contributed by atoms with E-state index in [1.807, 2.05) is 13.0 Å². The molecule has 1 spiro atoms. The van der Waals surface area contributed by atoms with Gasteiger partial charge in [0.2, 0.25) is 5.78 Å². The van der Waals surface area contributed by atoms with Gasteiger partial charge in [0.25, 0.3) is 0 Å². The Balaban J connectivity index is 1.55. The monoisotopic (exact) mass is 484 g/mol. The molecular formula is C28H36O7. The van der Waals surface area contributed by atoms with E-state index in [9.17, 15) is 19.2 Å². The number of allylic oxidation sites excluding steroid dienone is 2. The van der Waals surface area contributed by atoms with Crippen LogP contribution < -0.4 is 0 Å². The molecule has 0 aromatic carbocycles. The molecule has 0 aromatic rings. The quantitative estimate of drug-likeness (QED) is 0.417. The minimum absolute atomic E-state index is 0.0254. The van der Waals surface area contributed by atoms with Crippen molar-refractivity contribution in [1.29, 1.82) is 0 Å². The zero-order valence-electron chi connectivity index (χ0n) is 21.3. The van der Waals surface area contributed by atoms with Crippen LogP contribution in [0.3, 0.4) is 0 Å². The number of carbonyl (C=O) groups excluding carboxylic acids is 4. The first kappa shape index (κ1) is 24.4. The molecule has 8 atom stereocenters. The predicted octanol–water partition coefficient (Wildman–Crippen LogP) is 3.89. The maximum absolute atomic E-state index is 13.9. The van der Waals surface area contributed by atoms with Crippen LogP contribution in [-0.4, -0.2) is 47.4 Å². The average molecular weight is 485 g/mol. The summed E-state index contributed by atoms with van der Waals surface area (Å²) in [6.07, 6.45) is 8.66. The minimum atomic E-state index is -1.37. The molecule has 5 rings (SSSR count). The van der Waals surface area contributed by atoms with E-state index in [2.05, 4.69) is 13.8 Å². The molecule has 4 fully saturated rings. The number of Topliss-reactive ketones (excluding diaryl/α,β-unsaturated/α-hetero) is 1. The third-order valence-electron chi connectivity index (χ3n) is 10.1. The second-order valence-electron chi connectivity index (χ2n) is 11.5. The fourth-order valence-corrected chi connectivity index (χ4v) is 8.44. The van der Waals surface area contributed by atoms with Crippen molar-refractivity contribution in [2.24, 2.45) is 28.6 Å². The highest BCUT2D eigenvalue weighted by Crippen LogP contribution is 2.77. The van der Waals surface area contributed by atoms with Gasteiger partial charge in [-0.15, -0.1) is 0 Å². The second kappa shape index (κ2) is 7.86. The first-order valence-electron chi connectivity index (χ1n) is 13.0. The third-order valence-corrected chi connectivity index (χ3v) is 10.1. The van der Waals surface area contributed by atoms with Crippen molar-refractivity contribution in [2.75, 3.05) is 6.61 Å². The molecular weight excluding hydrogens is 448 g/mol. The minimum Gasteiger partial charge on any atom is -0.457 e. The zero-order chi connectivity index (χ0) is 25.4. The molecule has 0 amide bonds. The molecule has 3 saturated carbocycles. The highest BCUT2D eigenvalue weighted by Gasteiger charge is 2.83. The lowest BCUT2D eigenvalue weighted by Crippen LogP contribution is -2.63. The summed E-state index contributed by atoms with van der Waals surface area (Å²) in [4.78, 5) is 50.5. The Morgan fingerprint density at radius 2 is 1.83 bits per heavy atom. The molecule has 4 aliphatic carbocycles. The van der Waals surface area contributed by atoms with Gasteiger partial charge in [0.1, 0.15) is 5.60 Å². The second-order valence-corrected chi connectivity index (χ2v) is 11.5. The molecule has 5 aliphatic rings. The van der Waals surface area contributed by atoms with Gasteiger partial charge in [-0.05, 0) is 56.6 Å². The van der Waals surface area contributed by atoms with Crippen LogP contribution in [0.5, 0.6) is 0 Å². The average Bonchev–Trinajstić information content (AvgIpc) is 3.50. The molecule has 1 heterocycles. The van der Waals surface area contributed by atoms with Crippen molar-refractivity contribution in [1.82, 2.24) is 0 Å². The molecule has 0 N–H and O–H groups in total. The van der Waals surface area contributed by atoms with E-state index in [1.54, 1.807) is 26.0 Å². The topological polar surface area (TPSA) is 99.3 Å². The highest BCUT2D eigenvalue weighted by atomic mass is 16.6. The van der Waals surface area contributed by atoms with Gasteiger partial charge < -0.3 is 14.2 Å². The molecule has 35 heavy (non-hydrogen) atoms. The largest absolute Gasteiger partial charge is 0.457 e. The number of epoxide rings is 1. The Bertz CT molecular complexity index is 1060. The number of ether oxygens (including phenoxy) is 3. The molecule has 1 aliphatic heterocycles. The predicted molar refractivity (Wildman–Crippen MR) is 126 cm³/mol. The van der Waals surface area contributed by atoms with E-state index in [-0.39, 0.29) is 53.7 Å². The van der Waals surface area contributed by atoms with Crippen LogP contribution in [0.25, 0.3) is 0 Å². The van der Waals surface area contributed by atoms with E-state index in [0.717, 1.165) is 24.8 Å². The summed E-state index contributed by atoms with van der Waals surface area (Å²) >= 11 is 0. The standard InChI is InChI=1S/C28H36O7/c1-6-23(31)33-15-21(30)27(35-24(32)7-2)16(3)12-20-19-9-8-17-13-18(29)10-11-25(17,4)28(19)22(34-28)14-26(20,27)5/h10-11,13,16,19-20,22H,6-9,12,14-15H2,1-5H3/t16-,19-,20+,22-,25-,26-,27?,28+/m0/s1. The lowest BCUT2D eigenvalue weighted by molar-refractivity contribution is -0.194. The molecule has 0 radical (unpaired) electrons. The molecule has 1 saturated heterocycles. The van der Waals surface area contributed by atoms with Gasteiger partial charge >= 0.3 is 11.9 Å². The van der Waals surface area contributed by atoms with E-state index in [0.29, 0.717) is 6.42 Å². The Labute approximate surface area is 206 Å². The van der Waals surface area contributed by atoms with Gasteiger partial charge in [-0.2, -0.15) is 0 Å². The van der Waals surface area contributed by atoms with Gasteiger partial charge in [-0.25, -0.2) is 0 Å². The summed E-state index contributed by atoms with van der Waals surface area (Å²) < 4.78 is 18.0. The van der Waals surface area contributed by atoms with E-state index < -0.39 is 35.2 Å². The molecule has 1 unspecified atom stereocenters. The Morgan fingerprint density at radius 1 is 1.11 bits per heavy atom. The number of esters is 2. The molecule has 0 aromatic heterocycles. The number of hydrogen-bond donors (Lipinski definition) is 0. The first-order chi connectivity index (χ1) is 16.5. The summed E-state index contributed by atoms with van der Waals surface area (Å²) in [6, 6.07) is 0. The first-order valence-corrected chi connectivity index (χ1v) is 13.0.